The molecule has 170 valence electrons. The maximum absolute atomic E-state index is 13.8. The van der Waals surface area contributed by atoms with Crippen LogP contribution in [-0.2, 0) is 35.3 Å². The highest BCUT2D eigenvalue weighted by atomic mass is 16.6. The number of rotatable bonds is 3. The number of hydrogen-bond acceptors (Lipinski definition) is 7. The number of allylic oxidation sites excluding steroid dienone is 1. The van der Waals surface area contributed by atoms with Crippen molar-refractivity contribution in [3.05, 3.63) is 60.2 Å². The summed E-state index contributed by atoms with van der Waals surface area (Å²) < 4.78 is 11.6. The molecule has 7 heteroatoms. The van der Waals surface area contributed by atoms with Crippen LogP contribution in [0.1, 0.15) is 31.7 Å². The molecule has 1 saturated heterocycles. The highest BCUT2D eigenvalue weighted by molar-refractivity contribution is 6.14. The Morgan fingerprint density at radius 2 is 1.97 bits per heavy atom. The van der Waals surface area contributed by atoms with Crippen LogP contribution in [0.15, 0.2) is 54.6 Å². The zero-order chi connectivity index (χ0) is 23.4. The van der Waals surface area contributed by atoms with Gasteiger partial charge in [0.05, 0.1) is 16.9 Å². The minimum atomic E-state index is -1.60. The summed E-state index contributed by atoms with van der Waals surface area (Å²) in [7, 11) is 0. The van der Waals surface area contributed by atoms with Crippen LogP contribution in [-0.4, -0.2) is 39.8 Å². The summed E-state index contributed by atoms with van der Waals surface area (Å²) in [6.07, 6.45) is 3.58. The Morgan fingerprint density at radius 1 is 1.24 bits per heavy atom. The summed E-state index contributed by atoms with van der Waals surface area (Å²) in [4.78, 5) is 53.5. The van der Waals surface area contributed by atoms with Crippen LogP contribution >= 0.6 is 0 Å². The number of ether oxygens (including phenoxy) is 2. The van der Waals surface area contributed by atoms with E-state index in [1.807, 2.05) is 30.3 Å². The van der Waals surface area contributed by atoms with Gasteiger partial charge in [-0.1, -0.05) is 36.9 Å². The second-order valence-corrected chi connectivity index (χ2v) is 10.3. The van der Waals surface area contributed by atoms with Gasteiger partial charge < -0.3 is 14.6 Å². The van der Waals surface area contributed by atoms with Gasteiger partial charge >= 0.3 is 11.9 Å². The van der Waals surface area contributed by atoms with Gasteiger partial charge in [0.25, 0.3) is 0 Å². The molecule has 6 rings (SSSR count). The normalized spacial score (nSPS) is 44.5. The van der Waals surface area contributed by atoms with Crippen LogP contribution in [0.25, 0.3) is 0 Å². The number of ketones is 2. The summed E-state index contributed by atoms with van der Waals surface area (Å²) in [5.41, 5.74) is -4.75. The van der Waals surface area contributed by atoms with Crippen molar-refractivity contribution in [1.82, 2.24) is 0 Å². The number of Topliss-reactive ketones (excluding diaryl/α,β-unsaturated/α-hetero) is 1. The van der Waals surface area contributed by atoms with Crippen LogP contribution in [0.5, 0.6) is 0 Å². The summed E-state index contributed by atoms with van der Waals surface area (Å²) in [6.45, 7) is 5.36. The molecule has 3 saturated carbocycles. The number of hydrogen-bond donors (Lipinski definition) is 1. The molecule has 33 heavy (non-hydrogen) atoms. The van der Waals surface area contributed by atoms with Crippen molar-refractivity contribution in [2.45, 2.75) is 44.0 Å². The lowest BCUT2D eigenvalue weighted by atomic mass is 9.61. The standard InChI is InChI=1S/C26H24O7/c1-14-20(28)25-13-24(14,31)10-8-16(25)26-11-9-17(27)23(2,22(30)33-26)19(26)18(25)21(29)32-12-15-6-4-3-5-7-15/h3-7,9,11,16,18-19,31H,1,8,10,12-13H2,2H3/t16-,18-,19-,23+,24+,25-,26-/m1/s1. The SMILES string of the molecule is C=C1C(=O)[C@]23C[C@@]1(O)CC[C@H]2[C@@]12C=CC(=O)[C@](C)(C(=O)O1)[C@H]2[C@@H]3C(=O)OCc1ccccc1. The molecular formula is C26H24O7. The molecular weight excluding hydrogens is 424 g/mol. The van der Waals surface area contributed by atoms with E-state index in [0.29, 0.717) is 6.42 Å². The van der Waals surface area contributed by atoms with Gasteiger partial charge in [-0.15, -0.1) is 0 Å². The highest BCUT2D eigenvalue weighted by Gasteiger charge is 2.86. The Morgan fingerprint density at radius 3 is 2.70 bits per heavy atom. The third kappa shape index (κ3) is 2.15. The van der Waals surface area contributed by atoms with E-state index < -0.39 is 57.5 Å². The van der Waals surface area contributed by atoms with Crippen molar-refractivity contribution < 1.29 is 33.8 Å². The Bertz CT molecular complexity index is 1180. The van der Waals surface area contributed by atoms with E-state index in [-0.39, 0.29) is 30.8 Å². The van der Waals surface area contributed by atoms with E-state index in [1.165, 1.54) is 13.0 Å². The molecule has 1 spiro atoms. The maximum atomic E-state index is 13.8. The molecule has 1 N–H and O–H groups in total. The molecule has 1 aliphatic heterocycles. The van der Waals surface area contributed by atoms with Gasteiger partial charge in [0.1, 0.15) is 17.6 Å². The first-order valence-corrected chi connectivity index (χ1v) is 11.3. The second kappa shape index (κ2) is 6.08. The van der Waals surface area contributed by atoms with E-state index >= 15 is 0 Å². The first-order chi connectivity index (χ1) is 15.6. The first kappa shape index (κ1) is 20.5. The third-order valence-electron chi connectivity index (χ3n) is 9.03. The molecule has 1 aromatic carbocycles. The number of esters is 2. The number of benzene rings is 1. The lowest BCUT2D eigenvalue weighted by Gasteiger charge is -2.43. The average molecular weight is 448 g/mol. The largest absolute Gasteiger partial charge is 0.461 e. The van der Waals surface area contributed by atoms with Gasteiger partial charge in [0.2, 0.25) is 0 Å². The highest BCUT2D eigenvalue weighted by Crippen LogP contribution is 2.76. The fourth-order valence-electron chi connectivity index (χ4n) is 7.56. The van der Waals surface area contributed by atoms with Gasteiger partial charge in [-0.2, -0.15) is 0 Å². The van der Waals surface area contributed by atoms with Crippen LogP contribution in [0.4, 0.5) is 0 Å². The molecule has 4 aliphatic carbocycles. The molecule has 7 atom stereocenters. The topological polar surface area (TPSA) is 107 Å². The van der Waals surface area contributed by atoms with Crippen molar-refractivity contribution in [3.63, 3.8) is 0 Å². The number of carbonyl (C=O) groups is 4. The molecule has 5 aliphatic rings. The van der Waals surface area contributed by atoms with Crippen molar-refractivity contribution in [2.75, 3.05) is 0 Å². The number of carbonyl (C=O) groups excluding carboxylic acids is 4. The van der Waals surface area contributed by atoms with Crippen LogP contribution in [0.3, 0.4) is 0 Å². The monoisotopic (exact) mass is 448 g/mol. The van der Waals surface area contributed by atoms with E-state index in [2.05, 4.69) is 6.58 Å². The van der Waals surface area contributed by atoms with Gasteiger partial charge in [-0.05, 0) is 43.9 Å². The van der Waals surface area contributed by atoms with E-state index in [9.17, 15) is 24.3 Å². The Kier molecular flexibility index (Phi) is 3.79. The lowest BCUT2D eigenvalue weighted by Crippen LogP contribution is -2.50. The first-order valence-electron chi connectivity index (χ1n) is 11.3. The molecule has 0 radical (unpaired) electrons. The summed E-state index contributed by atoms with van der Waals surface area (Å²) in [6, 6.07) is 9.13. The van der Waals surface area contributed by atoms with Gasteiger partial charge in [0, 0.05) is 17.4 Å². The number of fused-ring (bicyclic) bond motifs is 1. The molecule has 4 bridgehead atoms. The van der Waals surface area contributed by atoms with Crippen LogP contribution < -0.4 is 0 Å². The van der Waals surface area contributed by atoms with Crippen molar-refractivity contribution >= 4 is 23.5 Å². The van der Waals surface area contributed by atoms with Gasteiger partial charge in [0.15, 0.2) is 11.6 Å². The third-order valence-corrected chi connectivity index (χ3v) is 9.03. The van der Waals surface area contributed by atoms with Gasteiger partial charge in [-0.3, -0.25) is 19.2 Å². The quantitative estimate of drug-likeness (QED) is 0.429. The minimum absolute atomic E-state index is 0.00858. The Labute approximate surface area is 190 Å². The van der Waals surface area contributed by atoms with Crippen molar-refractivity contribution in [2.24, 2.45) is 28.6 Å². The molecule has 4 fully saturated rings. The predicted octanol–water partition coefficient (Wildman–Crippen LogP) is 2.07. The Hall–Kier alpha value is -3.06. The molecule has 1 aromatic rings. The van der Waals surface area contributed by atoms with Gasteiger partial charge in [-0.25, -0.2) is 0 Å². The summed E-state index contributed by atoms with van der Waals surface area (Å²) in [5, 5.41) is 11.2. The molecule has 0 amide bonds. The second-order valence-electron chi connectivity index (χ2n) is 10.3. The smallest absolute Gasteiger partial charge is 0.321 e. The zero-order valence-electron chi connectivity index (χ0n) is 18.2. The summed E-state index contributed by atoms with van der Waals surface area (Å²) in [5.74, 6) is -4.72. The summed E-state index contributed by atoms with van der Waals surface area (Å²) >= 11 is 0. The molecule has 1 heterocycles. The van der Waals surface area contributed by atoms with E-state index in [1.54, 1.807) is 6.08 Å². The van der Waals surface area contributed by atoms with E-state index in [0.717, 1.165) is 5.56 Å². The number of aliphatic hydroxyl groups is 1. The molecule has 0 aromatic heterocycles. The Balaban J connectivity index is 1.51. The van der Waals surface area contributed by atoms with Crippen LogP contribution in [0.2, 0.25) is 0 Å². The molecule has 0 unspecified atom stereocenters. The predicted molar refractivity (Wildman–Crippen MR) is 113 cm³/mol. The van der Waals surface area contributed by atoms with E-state index in [4.69, 9.17) is 9.47 Å². The van der Waals surface area contributed by atoms with Crippen molar-refractivity contribution in [3.8, 4) is 0 Å². The maximum Gasteiger partial charge on any atom is 0.321 e. The fraction of sp³-hybridized carbons (Fsp3) is 0.462. The lowest BCUT2D eigenvalue weighted by molar-refractivity contribution is -0.167. The fourth-order valence-corrected chi connectivity index (χ4v) is 7.56. The molecule has 7 nitrogen and oxygen atoms in total. The van der Waals surface area contributed by atoms with Crippen LogP contribution in [0, 0.1) is 28.6 Å². The zero-order valence-corrected chi connectivity index (χ0v) is 18.2. The minimum Gasteiger partial charge on any atom is -0.461 e. The van der Waals surface area contributed by atoms with Crippen molar-refractivity contribution in [1.29, 1.82) is 0 Å². The average Bonchev–Trinajstić information content (AvgIpc) is 3.21.